The van der Waals surface area contributed by atoms with E-state index in [9.17, 15) is 0 Å². The van der Waals surface area contributed by atoms with Crippen molar-refractivity contribution in [1.29, 1.82) is 0 Å². The molecule has 2 aliphatic rings. The van der Waals surface area contributed by atoms with E-state index in [1.807, 2.05) is 0 Å². The third-order valence-corrected chi connectivity index (χ3v) is 3.99. The summed E-state index contributed by atoms with van der Waals surface area (Å²) >= 11 is 0. The van der Waals surface area contributed by atoms with Gasteiger partial charge in [0.05, 0.1) is 0 Å². The third-order valence-electron chi connectivity index (χ3n) is 3.99. The Morgan fingerprint density at radius 1 is 0.667 bits per heavy atom. The Morgan fingerprint density at radius 3 is 1.33 bits per heavy atom. The van der Waals surface area contributed by atoms with Crippen LogP contribution in [0.5, 0.6) is 0 Å². The molecule has 0 aliphatic heterocycles. The van der Waals surface area contributed by atoms with E-state index >= 15 is 0 Å². The van der Waals surface area contributed by atoms with Crippen molar-refractivity contribution in [3.63, 3.8) is 0 Å². The SMILES string of the molecule is C1CCC(NCNC2CCCCC2)CC1.NCN. The zero-order chi connectivity index (χ0) is 13.1. The van der Waals surface area contributed by atoms with Crippen molar-refractivity contribution in [2.75, 3.05) is 13.3 Å². The normalized spacial score (nSPS) is 22.3. The number of nitrogens with one attached hydrogen (secondary N) is 2. The zero-order valence-electron chi connectivity index (χ0n) is 11.8. The van der Waals surface area contributed by atoms with Gasteiger partial charge in [-0.1, -0.05) is 38.5 Å². The maximum absolute atomic E-state index is 4.62. The molecule has 0 spiro atoms. The summed E-state index contributed by atoms with van der Waals surface area (Å²) in [6, 6.07) is 1.60. The smallest absolute Gasteiger partial charge is 0.0458 e. The fourth-order valence-electron chi connectivity index (χ4n) is 2.96. The maximum atomic E-state index is 4.62. The van der Waals surface area contributed by atoms with Crippen LogP contribution in [0.1, 0.15) is 64.2 Å². The molecule has 2 aliphatic carbocycles. The summed E-state index contributed by atoms with van der Waals surface area (Å²) in [6.07, 6.45) is 14.2. The van der Waals surface area contributed by atoms with Gasteiger partial charge in [0.2, 0.25) is 0 Å². The molecule has 0 radical (unpaired) electrons. The highest BCUT2D eigenvalue weighted by Crippen LogP contribution is 2.18. The van der Waals surface area contributed by atoms with Gasteiger partial charge in [0.1, 0.15) is 0 Å². The van der Waals surface area contributed by atoms with Gasteiger partial charge in [-0.05, 0) is 25.7 Å². The molecule has 2 saturated carbocycles. The monoisotopic (exact) mass is 256 g/mol. The Kier molecular flexibility index (Phi) is 9.48. The zero-order valence-corrected chi connectivity index (χ0v) is 11.8. The first kappa shape index (κ1) is 15.9. The van der Waals surface area contributed by atoms with Crippen molar-refractivity contribution in [3.8, 4) is 0 Å². The van der Waals surface area contributed by atoms with Crippen molar-refractivity contribution >= 4 is 0 Å². The second kappa shape index (κ2) is 10.7. The van der Waals surface area contributed by atoms with Crippen molar-refractivity contribution in [2.45, 2.75) is 76.3 Å². The van der Waals surface area contributed by atoms with Crippen LogP contribution in [0.4, 0.5) is 0 Å². The van der Waals surface area contributed by atoms with Crippen LogP contribution in [0.2, 0.25) is 0 Å². The van der Waals surface area contributed by atoms with E-state index in [0.717, 1.165) is 18.8 Å². The molecule has 0 aromatic heterocycles. The molecule has 4 heteroatoms. The molecule has 0 aromatic rings. The molecule has 108 valence electrons. The van der Waals surface area contributed by atoms with E-state index in [1.54, 1.807) is 0 Å². The maximum Gasteiger partial charge on any atom is 0.0458 e. The first-order valence-corrected chi connectivity index (χ1v) is 7.73. The van der Waals surface area contributed by atoms with Crippen molar-refractivity contribution in [3.05, 3.63) is 0 Å². The summed E-state index contributed by atoms with van der Waals surface area (Å²) in [5.74, 6) is 0. The Balaban J connectivity index is 0.000000492. The Hall–Kier alpha value is -0.160. The van der Waals surface area contributed by atoms with E-state index < -0.39 is 0 Å². The fourth-order valence-corrected chi connectivity index (χ4v) is 2.96. The van der Waals surface area contributed by atoms with Gasteiger partial charge in [0.25, 0.3) is 0 Å². The van der Waals surface area contributed by atoms with Crippen LogP contribution in [0.15, 0.2) is 0 Å². The number of hydrogen-bond donors (Lipinski definition) is 4. The molecular weight excluding hydrogens is 224 g/mol. The Morgan fingerprint density at radius 2 is 1.00 bits per heavy atom. The molecule has 18 heavy (non-hydrogen) atoms. The van der Waals surface area contributed by atoms with E-state index in [1.165, 1.54) is 64.2 Å². The van der Waals surface area contributed by atoms with Gasteiger partial charge in [-0.3, -0.25) is 0 Å². The lowest BCUT2D eigenvalue weighted by atomic mass is 9.95. The predicted octanol–water partition coefficient (Wildman–Crippen LogP) is 1.65. The van der Waals surface area contributed by atoms with E-state index in [4.69, 9.17) is 0 Å². The fraction of sp³-hybridized carbons (Fsp3) is 1.00. The van der Waals surface area contributed by atoms with Crippen molar-refractivity contribution < 1.29 is 0 Å². The van der Waals surface area contributed by atoms with Crippen molar-refractivity contribution in [1.82, 2.24) is 10.6 Å². The van der Waals surface area contributed by atoms with Gasteiger partial charge in [-0.2, -0.15) is 0 Å². The Labute approximate surface area is 112 Å². The number of hydrogen-bond acceptors (Lipinski definition) is 4. The molecule has 0 aromatic carbocycles. The van der Waals surface area contributed by atoms with Gasteiger partial charge in [0, 0.05) is 25.4 Å². The minimum Gasteiger partial charge on any atom is -0.319 e. The summed E-state index contributed by atoms with van der Waals surface area (Å²) in [7, 11) is 0. The number of rotatable bonds is 4. The molecule has 0 heterocycles. The summed E-state index contributed by atoms with van der Waals surface area (Å²) in [4.78, 5) is 0. The number of nitrogens with two attached hydrogens (primary N) is 2. The van der Waals surface area contributed by atoms with E-state index in [0.29, 0.717) is 0 Å². The lowest BCUT2D eigenvalue weighted by Gasteiger charge is -2.27. The first-order chi connectivity index (χ1) is 8.86. The summed E-state index contributed by atoms with van der Waals surface area (Å²) < 4.78 is 0. The van der Waals surface area contributed by atoms with Crippen LogP contribution in [0.3, 0.4) is 0 Å². The Bertz CT molecular complexity index is 157. The third kappa shape index (κ3) is 7.31. The molecular formula is C14H32N4. The molecule has 0 unspecified atom stereocenters. The van der Waals surface area contributed by atoms with Gasteiger partial charge in [-0.15, -0.1) is 0 Å². The van der Waals surface area contributed by atoms with Crippen LogP contribution in [-0.2, 0) is 0 Å². The molecule has 0 amide bonds. The summed E-state index contributed by atoms with van der Waals surface area (Å²) in [6.45, 7) is 1.29. The highest BCUT2D eigenvalue weighted by Gasteiger charge is 2.14. The highest BCUT2D eigenvalue weighted by atomic mass is 15.1. The molecule has 0 saturated heterocycles. The van der Waals surface area contributed by atoms with Crippen LogP contribution in [0.25, 0.3) is 0 Å². The minimum absolute atomic E-state index is 0.250. The highest BCUT2D eigenvalue weighted by molar-refractivity contribution is 4.74. The van der Waals surface area contributed by atoms with Crippen LogP contribution in [0, 0.1) is 0 Å². The second-order valence-corrected chi connectivity index (χ2v) is 5.49. The van der Waals surface area contributed by atoms with Crippen LogP contribution >= 0.6 is 0 Å². The minimum atomic E-state index is 0.250. The second-order valence-electron chi connectivity index (χ2n) is 5.49. The molecule has 6 N–H and O–H groups in total. The first-order valence-electron chi connectivity index (χ1n) is 7.73. The molecule has 2 rings (SSSR count). The standard InChI is InChI=1S/C13H26N2.CH6N2/c1-3-7-12(8-4-1)14-11-15-13-9-5-2-6-10-13;2-1-3/h12-15H,1-11H2;1-3H2. The van der Waals surface area contributed by atoms with Gasteiger partial charge >= 0.3 is 0 Å². The lowest BCUT2D eigenvalue weighted by Crippen LogP contribution is -2.42. The largest absolute Gasteiger partial charge is 0.319 e. The van der Waals surface area contributed by atoms with Crippen molar-refractivity contribution in [2.24, 2.45) is 11.5 Å². The van der Waals surface area contributed by atoms with Gasteiger partial charge < -0.3 is 22.1 Å². The van der Waals surface area contributed by atoms with Crippen LogP contribution < -0.4 is 22.1 Å². The summed E-state index contributed by atoms with van der Waals surface area (Å²) in [5, 5.41) is 7.32. The molecule has 4 nitrogen and oxygen atoms in total. The van der Waals surface area contributed by atoms with E-state index in [2.05, 4.69) is 22.1 Å². The van der Waals surface area contributed by atoms with Gasteiger partial charge in [-0.25, -0.2) is 0 Å². The predicted molar refractivity (Wildman–Crippen MR) is 78.1 cm³/mol. The van der Waals surface area contributed by atoms with Crippen LogP contribution in [-0.4, -0.2) is 25.4 Å². The molecule has 2 fully saturated rings. The quantitative estimate of drug-likeness (QED) is 0.577. The van der Waals surface area contributed by atoms with E-state index in [-0.39, 0.29) is 6.67 Å². The topological polar surface area (TPSA) is 76.1 Å². The molecule has 0 atom stereocenters. The van der Waals surface area contributed by atoms with Gasteiger partial charge in [0.15, 0.2) is 0 Å². The molecule has 0 bridgehead atoms. The summed E-state index contributed by atoms with van der Waals surface area (Å²) in [5.41, 5.74) is 9.25. The average Bonchev–Trinajstić information content (AvgIpc) is 2.42. The lowest BCUT2D eigenvalue weighted by molar-refractivity contribution is 0.323. The average molecular weight is 256 g/mol.